The molecular formula is C12H15BrClNO. The van der Waals surface area contributed by atoms with Crippen LogP contribution in [-0.2, 0) is 11.2 Å². The van der Waals surface area contributed by atoms with Gasteiger partial charge in [-0.15, -0.1) is 0 Å². The highest BCUT2D eigenvalue weighted by molar-refractivity contribution is 9.09. The number of hydrogen-bond donors (Lipinski definition) is 1. The lowest BCUT2D eigenvalue weighted by atomic mass is 10.1. The fourth-order valence-electron chi connectivity index (χ4n) is 1.35. The van der Waals surface area contributed by atoms with Crippen molar-refractivity contribution in [1.82, 2.24) is 5.32 Å². The minimum atomic E-state index is 0.0516. The fraction of sp³-hybridized carbons (Fsp3) is 0.417. The minimum absolute atomic E-state index is 0.0516. The monoisotopic (exact) mass is 303 g/mol. The van der Waals surface area contributed by atoms with Crippen molar-refractivity contribution in [3.63, 3.8) is 0 Å². The number of amides is 1. The summed E-state index contributed by atoms with van der Waals surface area (Å²) >= 11 is 9.12. The molecule has 0 aliphatic rings. The summed E-state index contributed by atoms with van der Waals surface area (Å²) in [5, 5.41) is 4.53. The Morgan fingerprint density at radius 3 is 2.62 bits per heavy atom. The number of nitrogens with one attached hydrogen (secondary N) is 1. The first-order chi connectivity index (χ1) is 7.61. The van der Waals surface area contributed by atoms with Crippen molar-refractivity contribution in [3.05, 3.63) is 34.9 Å². The molecule has 1 aromatic carbocycles. The minimum Gasteiger partial charge on any atom is -0.353 e. The van der Waals surface area contributed by atoms with Crippen LogP contribution in [0.3, 0.4) is 0 Å². The first-order valence-corrected chi connectivity index (χ1v) is 6.71. The first kappa shape index (κ1) is 13.5. The largest absolute Gasteiger partial charge is 0.353 e. The molecule has 2 nitrogen and oxygen atoms in total. The Bertz CT molecular complexity index is 339. The summed E-state index contributed by atoms with van der Waals surface area (Å²) in [7, 11) is 0. The normalized spacial score (nSPS) is 12.2. The molecule has 0 radical (unpaired) electrons. The van der Waals surface area contributed by atoms with E-state index in [2.05, 4.69) is 21.2 Å². The molecule has 1 atom stereocenters. The summed E-state index contributed by atoms with van der Waals surface area (Å²) in [5.41, 5.74) is 0.980. The molecule has 1 unspecified atom stereocenters. The second-order valence-corrected chi connectivity index (χ2v) is 4.98. The van der Waals surface area contributed by atoms with Gasteiger partial charge in [0.1, 0.15) is 0 Å². The third-order valence-electron chi connectivity index (χ3n) is 2.23. The summed E-state index contributed by atoms with van der Waals surface area (Å²) in [6.45, 7) is 2.00. The van der Waals surface area contributed by atoms with Crippen LogP contribution in [0, 0.1) is 0 Å². The summed E-state index contributed by atoms with van der Waals surface area (Å²) < 4.78 is 0. The Kier molecular flexibility index (Phi) is 5.85. The van der Waals surface area contributed by atoms with Crippen LogP contribution >= 0.6 is 27.5 Å². The zero-order valence-corrected chi connectivity index (χ0v) is 11.5. The van der Waals surface area contributed by atoms with E-state index in [4.69, 9.17) is 11.6 Å². The fourth-order valence-corrected chi connectivity index (χ4v) is 2.16. The van der Waals surface area contributed by atoms with Crippen molar-refractivity contribution in [2.45, 2.75) is 25.8 Å². The average Bonchev–Trinajstić information content (AvgIpc) is 2.21. The van der Waals surface area contributed by atoms with Crippen LogP contribution in [0.4, 0.5) is 0 Å². The summed E-state index contributed by atoms with van der Waals surface area (Å²) in [6.07, 6.45) is 1.34. The second-order valence-electron chi connectivity index (χ2n) is 3.75. The third-order valence-corrected chi connectivity index (χ3v) is 2.94. The van der Waals surface area contributed by atoms with Gasteiger partial charge in [-0.3, -0.25) is 4.79 Å². The first-order valence-electron chi connectivity index (χ1n) is 5.21. The molecule has 1 N–H and O–H groups in total. The van der Waals surface area contributed by atoms with Crippen LogP contribution in [-0.4, -0.2) is 17.3 Å². The molecule has 1 aromatic rings. The van der Waals surface area contributed by atoms with Crippen LogP contribution < -0.4 is 5.32 Å². The van der Waals surface area contributed by atoms with Gasteiger partial charge in [0.15, 0.2) is 0 Å². The van der Waals surface area contributed by atoms with Crippen molar-refractivity contribution in [2.75, 3.05) is 5.33 Å². The third kappa shape index (κ3) is 4.99. The van der Waals surface area contributed by atoms with Crippen molar-refractivity contribution >= 4 is 33.4 Å². The smallest absolute Gasteiger partial charge is 0.224 e. The van der Waals surface area contributed by atoms with E-state index in [1.54, 1.807) is 12.1 Å². The summed E-state index contributed by atoms with van der Waals surface area (Å²) in [5.74, 6) is 0.0516. The Labute approximate surface area is 110 Å². The number of carbonyl (C=O) groups excluding carboxylic acids is 1. The molecule has 0 spiro atoms. The van der Waals surface area contributed by atoms with E-state index in [1.165, 1.54) is 0 Å². The lowest BCUT2D eigenvalue weighted by molar-refractivity contribution is -0.121. The lowest BCUT2D eigenvalue weighted by Gasteiger charge is -2.12. The van der Waals surface area contributed by atoms with E-state index in [0.717, 1.165) is 17.3 Å². The predicted octanol–water partition coefficient (Wildman–Crippen LogP) is 3.17. The Hall–Kier alpha value is -0.540. The molecule has 0 aliphatic carbocycles. The Morgan fingerprint density at radius 1 is 1.44 bits per heavy atom. The SMILES string of the molecule is CC(CCBr)NC(=O)Cc1ccc(Cl)cc1. The van der Waals surface area contributed by atoms with Gasteiger partial charge in [0.05, 0.1) is 6.42 Å². The van der Waals surface area contributed by atoms with Crippen molar-refractivity contribution < 1.29 is 4.79 Å². The van der Waals surface area contributed by atoms with Gasteiger partial charge in [0.2, 0.25) is 5.91 Å². The molecule has 16 heavy (non-hydrogen) atoms. The van der Waals surface area contributed by atoms with Gasteiger partial charge >= 0.3 is 0 Å². The lowest BCUT2D eigenvalue weighted by Crippen LogP contribution is -2.33. The van der Waals surface area contributed by atoms with E-state index in [-0.39, 0.29) is 11.9 Å². The Morgan fingerprint density at radius 2 is 2.06 bits per heavy atom. The van der Waals surface area contributed by atoms with Crippen LogP contribution in [0.1, 0.15) is 18.9 Å². The highest BCUT2D eigenvalue weighted by Crippen LogP contribution is 2.10. The number of hydrogen-bond acceptors (Lipinski definition) is 1. The maximum atomic E-state index is 11.6. The quantitative estimate of drug-likeness (QED) is 0.832. The molecule has 0 saturated carbocycles. The zero-order chi connectivity index (χ0) is 12.0. The van der Waals surface area contributed by atoms with Gasteiger partial charge in [-0.2, -0.15) is 0 Å². The van der Waals surface area contributed by atoms with Gasteiger partial charge in [0.25, 0.3) is 0 Å². The van der Waals surface area contributed by atoms with Gasteiger partial charge in [-0.05, 0) is 31.0 Å². The number of benzene rings is 1. The molecule has 1 amide bonds. The average molecular weight is 305 g/mol. The van der Waals surface area contributed by atoms with E-state index in [0.29, 0.717) is 11.4 Å². The molecule has 0 bridgehead atoms. The molecular weight excluding hydrogens is 289 g/mol. The van der Waals surface area contributed by atoms with Crippen molar-refractivity contribution in [1.29, 1.82) is 0 Å². The van der Waals surface area contributed by atoms with E-state index in [9.17, 15) is 4.79 Å². The van der Waals surface area contributed by atoms with E-state index in [1.807, 2.05) is 19.1 Å². The predicted molar refractivity (Wildman–Crippen MR) is 71.2 cm³/mol. The zero-order valence-electron chi connectivity index (χ0n) is 9.17. The standard InChI is InChI=1S/C12H15BrClNO/c1-9(6-7-13)15-12(16)8-10-2-4-11(14)5-3-10/h2-5,9H,6-8H2,1H3,(H,15,16). The molecule has 0 fully saturated rings. The highest BCUT2D eigenvalue weighted by Gasteiger charge is 2.07. The number of rotatable bonds is 5. The number of carbonyl (C=O) groups is 1. The maximum Gasteiger partial charge on any atom is 0.224 e. The number of halogens is 2. The van der Waals surface area contributed by atoms with Crippen LogP contribution in [0.25, 0.3) is 0 Å². The van der Waals surface area contributed by atoms with Crippen molar-refractivity contribution in [3.8, 4) is 0 Å². The molecule has 0 saturated heterocycles. The van der Waals surface area contributed by atoms with Gasteiger partial charge in [0, 0.05) is 16.4 Å². The van der Waals surface area contributed by atoms with Gasteiger partial charge < -0.3 is 5.32 Å². The van der Waals surface area contributed by atoms with E-state index >= 15 is 0 Å². The molecule has 0 heterocycles. The van der Waals surface area contributed by atoms with Gasteiger partial charge in [-0.1, -0.05) is 39.7 Å². The van der Waals surface area contributed by atoms with E-state index < -0.39 is 0 Å². The molecule has 0 aromatic heterocycles. The van der Waals surface area contributed by atoms with Crippen molar-refractivity contribution in [2.24, 2.45) is 0 Å². The topological polar surface area (TPSA) is 29.1 Å². The highest BCUT2D eigenvalue weighted by atomic mass is 79.9. The van der Waals surface area contributed by atoms with Crippen LogP contribution in [0.2, 0.25) is 5.02 Å². The van der Waals surface area contributed by atoms with Crippen LogP contribution in [0.15, 0.2) is 24.3 Å². The summed E-state index contributed by atoms with van der Waals surface area (Å²) in [4.78, 5) is 11.6. The molecule has 4 heteroatoms. The molecule has 88 valence electrons. The summed E-state index contributed by atoms with van der Waals surface area (Å²) in [6, 6.07) is 7.55. The van der Waals surface area contributed by atoms with Crippen LogP contribution in [0.5, 0.6) is 0 Å². The Balaban J connectivity index is 2.42. The number of alkyl halides is 1. The van der Waals surface area contributed by atoms with Gasteiger partial charge in [-0.25, -0.2) is 0 Å². The molecule has 0 aliphatic heterocycles. The second kappa shape index (κ2) is 6.92. The maximum absolute atomic E-state index is 11.6. The molecule has 1 rings (SSSR count).